The standard InChI is InChI=1S/C21H30N2O3/c1-16(21(25)22-14-13-18-7-5-4-6-8-18)23(17(2)24)15-19-9-11-20(26-3)12-10-19/h7,9-12,16H,4-6,8,13-15H2,1-3H3,(H,22,25). The van der Waals surface area contributed by atoms with E-state index < -0.39 is 6.04 Å². The van der Waals surface area contributed by atoms with E-state index in [9.17, 15) is 9.59 Å². The zero-order chi connectivity index (χ0) is 18.9. The molecule has 0 spiro atoms. The number of hydrogen-bond donors (Lipinski definition) is 1. The van der Waals surface area contributed by atoms with Crippen LogP contribution in [0.2, 0.25) is 0 Å². The van der Waals surface area contributed by atoms with E-state index in [2.05, 4.69) is 11.4 Å². The van der Waals surface area contributed by atoms with Crippen LogP contribution < -0.4 is 10.1 Å². The normalized spacial score (nSPS) is 15.0. The van der Waals surface area contributed by atoms with E-state index in [0.717, 1.165) is 30.6 Å². The molecule has 1 unspecified atom stereocenters. The summed E-state index contributed by atoms with van der Waals surface area (Å²) in [5.41, 5.74) is 2.40. The molecular formula is C21H30N2O3. The second-order valence-electron chi connectivity index (χ2n) is 6.82. The molecule has 5 heteroatoms. The maximum atomic E-state index is 12.5. The maximum absolute atomic E-state index is 12.5. The first-order valence-electron chi connectivity index (χ1n) is 9.37. The van der Waals surface area contributed by atoms with E-state index in [-0.39, 0.29) is 11.8 Å². The number of carbonyl (C=O) groups excluding carboxylic acids is 2. The van der Waals surface area contributed by atoms with Gasteiger partial charge in [0.2, 0.25) is 11.8 Å². The predicted molar refractivity (Wildman–Crippen MR) is 103 cm³/mol. The first kappa shape index (κ1) is 20.0. The monoisotopic (exact) mass is 358 g/mol. The van der Waals surface area contributed by atoms with Crippen LogP contribution in [-0.4, -0.2) is 36.4 Å². The van der Waals surface area contributed by atoms with Gasteiger partial charge in [0, 0.05) is 20.0 Å². The molecule has 1 aliphatic carbocycles. The number of allylic oxidation sites excluding steroid dienone is 1. The Morgan fingerprint density at radius 2 is 1.96 bits per heavy atom. The molecule has 0 radical (unpaired) electrons. The van der Waals surface area contributed by atoms with Crippen LogP contribution in [0.4, 0.5) is 0 Å². The largest absolute Gasteiger partial charge is 0.497 e. The Bertz CT molecular complexity index is 637. The van der Waals surface area contributed by atoms with Gasteiger partial charge in [0.15, 0.2) is 0 Å². The van der Waals surface area contributed by atoms with Crippen molar-refractivity contribution in [3.05, 3.63) is 41.5 Å². The summed E-state index contributed by atoms with van der Waals surface area (Å²) in [7, 11) is 1.62. The van der Waals surface area contributed by atoms with Gasteiger partial charge in [-0.2, -0.15) is 0 Å². The summed E-state index contributed by atoms with van der Waals surface area (Å²) in [5.74, 6) is 0.550. The molecule has 1 N–H and O–H groups in total. The van der Waals surface area contributed by atoms with Crippen LogP contribution in [0.1, 0.15) is 51.5 Å². The highest BCUT2D eigenvalue weighted by Gasteiger charge is 2.23. The van der Waals surface area contributed by atoms with Crippen LogP contribution in [0.5, 0.6) is 5.75 Å². The lowest BCUT2D eigenvalue weighted by Gasteiger charge is -2.27. The molecule has 5 nitrogen and oxygen atoms in total. The van der Waals surface area contributed by atoms with Gasteiger partial charge in [-0.25, -0.2) is 0 Å². The molecule has 142 valence electrons. The van der Waals surface area contributed by atoms with E-state index in [1.807, 2.05) is 24.3 Å². The van der Waals surface area contributed by atoms with Gasteiger partial charge in [0.1, 0.15) is 11.8 Å². The number of ether oxygens (including phenoxy) is 1. The van der Waals surface area contributed by atoms with Gasteiger partial charge in [-0.3, -0.25) is 9.59 Å². The van der Waals surface area contributed by atoms with Crippen molar-refractivity contribution >= 4 is 11.8 Å². The van der Waals surface area contributed by atoms with Crippen LogP contribution in [0, 0.1) is 0 Å². The van der Waals surface area contributed by atoms with Gasteiger partial charge in [-0.15, -0.1) is 0 Å². The summed E-state index contributed by atoms with van der Waals surface area (Å²) in [5, 5.41) is 2.98. The Kier molecular flexibility index (Phi) is 7.70. The zero-order valence-electron chi connectivity index (χ0n) is 16.1. The fraction of sp³-hybridized carbons (Fsp3) is 0.524. The van der Waals surface area contributed by atoms with Crippen molar-refractivity contribution in [1.82, 2.24) is 10.2 Å². The Labute approximate surface area is 156 Å². The van der Waals surface area contributed by atoms with Crippen molar-refractivity contribution < 1.29 is 14.3 Å². The molecule has 0 aliphatic heterocycles. The summed E-state index contributed by atoms with van der Waals surface area (Å²) in [6.45, 7) is 4.31. The van der Waals surface area contributed by atoms with Crippen LogP contribution in [0.3, 0.4) is 0 Å². The molecule has 0 aromatic heterocycles. The lowest BCUT2D eigenvalue weighted by molar-refractivity contribution is -0.138. The van der Waals surface area contributed by atoms with Gasteiger partial charge in [-0.1, -0.05) is 23.8 Å². The molecule has 0 saturated heterocycles. The number of benzene rings is 1. The van der Waals surface area contributed by atoms with Crippen LogP contribution in [0.15, 0.2) is 35.9 Å². The molecule has 0 fully saturated rings. The maximum Gasteiger partial charge on any atom is 0.242 e. The number of nitrogens with one attached hydrogen (secondary N) is 1. The summed E-state index contributed by atoms with van der Waals surface area (Å²) >= 11 is 0. The van der Waals surface area contributed by atoms with E-state index in [1.54, 1.807) is 18.9 Å². The SMILES string of the molecule is COc1ccc(CN(C(C)=O)C(C)C(=O)NCCC2=CCCCC2)cc1. The molecule has 0 heterocycles. The van der Waals surface area contributed by atoms with Crippen molar-refractivity contribution in [3.8, 4) is 5.75 Å². The van der Waals surface area contributed by atoms with Crippen LogP contribution >= 0.6 is 0 Å². The minimum atomic E-state index is -0.505. The Morgan fingerprint density at radius 1 is 1.23 bits per heavy atom. The van der Waals surface area contributed by atoms with Crippen molar-refractivity contribution in [1.29, 1.82) is 0 Å². The fourth-order valence-electron chi connectivity index (χ4n) is 3.22. The number of nitrogens with zero attached hydrogens (tertiary/aromatic N) is 1. The Hall–Kier alpha value is -2.30. The van der Waals surface area contributed by atoms with E-state index >= 15 is 0 Å². The average Bonchev–Trinajstić information content (AvgIpc) is 2.66. The molecule has 0 bridgehead atoms. The molecule has 1 aliphatic rings. The Balaban J connectivity index is 1.89. The van der Waals surface area contributed by atoms with Gasteiger partial charge >= 0.3 is 0 Å². The molecule has 2 amide bonds. The van der Waals surface area contributed by atoms with Crippen LogP contribution in [-0.2, 0) is 16.1 Å². The second kappa shape index (κ2) is 10.00. The van der Waals surface area contributed by atoms with Crippen molar-refractivity contribution in [2.24, 2.45) is 0 Å². The van der Waals surface area contributed by atoms with Crippen molar-refractivity contribution in [2.75, 3.05) is 13.7 Å². The van der Waals surface area contributed by atoms with E-state index in [1.165, 1.54) is 25.3 Å². The highest BCUT2D eigenvalue weighted by atomic mass is 16.5. The molecule has 1 aromatic rings. The minimum absolute atomic E-state index is 0.106. The molecule has 0 saturated carbocycles. The van der Waals surface area contributed by atoms with Gasteiger partial charge < -0.3 is 15.0 Å². The molecular weight excluding hydrogens is 328 g/mol. The molecule has 2 rings (SSSR count). The average molecular weight is 358 g/mol. The number of carbonyl (C=O) groups is 2. The topological polar surface area (TPSA) is 58.6 Å². The number of amides is 2. The number of methoxy groups -OCH3 is 1. The molecule has 1 atom stereocenters. The van der Waals surface area contributed by atoms with Crippen molar-refractivity contribution in [3.63, 3.8) is 0 Å². The fourth-order valence-corrected chi connectivity index (χ4v) is 3.22. The van der Waals surface area contributed by atoms with Gasteiger partial charge in [-0.05, 0) is 56.7 Å². The predicted octanol–water partition coefficient (Wildman–Crippen LogP) is 3.44. The van der Waals surface area contributed by atoms with Crippen LogP contribution in [0.25, 0.3) is 0 Å². The lowest BCUT2D eigenvalue weighted by atomic mass is 9.97. The zero-order valence-corrected chi connectivity index (χ0v) is 16.1. The summed E-state index contributed by atoms with van der Waals surface area (Å²) < 4.78 is 5.15. The highest BCUT2D eigenvalue weighted by Crippen LogP contribution is 2.19. The number of hydrogen-bond acceptors (Lipinski definition) is 3. The van der Waals surface area contributed by atoms with E-state index in [4.69, 9.17) is 4.74 Å². The molecule has 26 heavy (non-hydrogen) atoms. The second-order valence-corrected chi connectivity index (χ2v) is 6.82. The highest BCUT2D eigenvalue weighted by molar-refractivity contribution is 5.86. The van der Waals surface area contributed by atoms with Gasteiger partial charge in [0.25, 0.3) is 0 Å². The lowest BCUT2D eigenvalue weighted by Crippen LogP contribution is -2.47. The summed E-state index contributed by atoms with van der Waals surface area (Å²) in [4.78, 5) is 26.1. The number of rotatable bonds is 8. The van der Waals surface area contributed by atoms with E-state index in [0.29, 0.717) is 13.1 Å². The third-order valence-electron chi connectivity index (χ3n) is 4.89. The Morgan fingerprint density at radius 3 is 2.54 bits per heavy atom. The van der Waals surface area contributed by atoms with Gasteiger partial charge in [0.05, 0.1) is 7.11 Å². The summed E-state index contributed by atoms with van der Waals surface area (Å²) in [6, 6.07) is 7.03. The molecule has 1 aromatic carbocycles. The third kappa shape index (κ3) is 5.90. The smallest absolute Gasteiger partial charge is 0.242 e. The first-order valence-corrected chi connectivity index (χ1v) is 9.37. The summed E-state index contributed by atoms with van der Waals surface area (Å²) in [6.07, 6.45) is 8.01. The quantitative estimate of drug-likeness (QED) is 0.724. The van der Waals surface area contributed by atoms with Crippen molar-refractivity contribution in [2.45, 2.75) is 58.5 Å². The first-order chi connectivity index (χ1) is 12.5. The minimum Gasteiger partial charge on any atom is -0.497 e. The third-order valence-corrected chi connectivity index (χ3v) is 4.89.